The van der Waals surface area contributed by atoms with Crippen LogP contribution < -0.4 is 11.3 Å². The molecule has 1 rings (SSSR count). The van der Waals surface area contributed by atoms with E-state index in [-0.39, 0.29) is 11.5 Å². The van der Waals surface area contributed by atoms with E-state index in [1.54, 1.807) is 0 Å². The third-order valence-electron chi connectivity index (χ3n) is 2.56. The van der Waals surface area contributed by atoms with Crippen LogP contribution in [0.15, 0.2) is 6.07 Å². The van der Waals surface area contributed by atoms with Gasteiger partial charge in [-0.2, -0.15) is 5.10 Å². The van der Waals surface area contributed by atoms with Crippen LogP contribution in [-0.4, -0.2) is 9.78 Å². The van der Waals surface area contributed by atoms with E-state index < -0.39 is 0 Å². The van der Waals surface area contributed by atoms with Gasteiger partial charge in [0.2, 0.25) is 0 Å². The topological polar surface area (TPSA) is 55.9 Å². The molecule has 15 heavy (non-hydrogen) atoms. The third-order valence-corrected chi connectivity index (χ3v) is 2.56. The van der Waals surface area contributed by atoms with Gasteiger partial charge in [0.25, 0.3) is 0 Å². The SMILES string of the molecule is CCn1nc(C)cc1C(NN)C(C)(C)C. The zero-order chi connectivity index (χ0) is 11.6. The zero-order valence-electron chi connectivity index (χ0n) is 10.3. The van der Waals surface area contributed by atoms with Crippen molar-refractivity contribution in [3.63, 3.8) is 0 Å². The second-order valence-corrected chi connectivity index (χ2v) is 4.99. The van der Waals surface area contributed by atoms with Gasteiger partial charge in [-0.1, -0.05) is 20.8 Å². The fourth-order valence-electron chi connectivity index (χ4n) is 1.83. The summed E-state index contributed by atoms with van der Waals surface area (Å²) in [5, 5.41) is 4.43. The highest BCUT2D eigenvalue weighted by Gasteiger charge is 2.28. The van der Waals surface area contributed by atoms with Gasteiger partial charge in [0.15, 0.2) is 0 Å². The first-order valence-electron chi connectivity index (χ1n) is 5.40. The average Bonchev–Trinajstić information content (AvgIpc) is 2.45. The summed E-state index contributed by atoms with van der Waals surface area (Å²) >= 11 is 0. The molecule has 0 amide bonds. The van der Waals surface area contributed by atoms with Crippen molar-refractivity contribution < 1.29 is 0 Å². The summed E-state index contributed by atoms with van der Waals surface area (Å²) < 4.78 is 2.01. The van der Waals surface area contributed by atoms with Crippen LogP contribution in [0.3, 0.4) is 0 Å². The summed E-state index contributed by atoms with van der Waals surface area (Å²) in [6, 6.07) is 2.22. The van der Waals surface area contributed by atoms with Crippen LogP contribution in [0, 0.1) is 12.3 Å². The largest absolute Gasteiger partial charge is 0.271 e. The molecular formula is C11H22N4. The fourth-order valence-corrected chi connectivity index (χ4v) is 1.83. The predicted molar refractivity (Wildman–Crippen MR) is 62.2 cm³/mol. The van der Waals surface area contributed by atoms with E-state index in [0.29, 0.717) is 0 Å². The van der Waals surface area contributed by atoms with Gasteiger partial charge in [-0.3, -0.25) is 16.0 Å². The Morgan fingerprint density at radius 3 is 2.53 bits per heavy atom. The number of hydrogen-bond donors (Lipinski definition) is 2. The van der Waals surface area contributed by atoms with E-state index in [0.717, 1.165) is 17.9 Å². The molecule has 1 unspecified atom stereocenters. The van der Waals surface area contributed by atoms with Crippen molar-refractivity contribution in [3.8, 4) is 0 Å². The number of hydrazine groups is 1. The lowest BCUT2D eigenvalue weighted by atomic mass is 9.85. The Hall–Kier alpha value is -0.870. The van der Waals surface area contributed by atoms with E-state index in [4.69, 9.17) is 5.84 Å². The summed E-state index contributed by atoms with van der Waals surface area (Å²) in [4.78, 5) is 0. The number of hydrogen-bond acceptors (Lipinski definition) is 3. The molecule has 0 aliphatic carbocycles. The number of rotatable bonds is 3. The van der Waals surface area contributed by atoms with Gasteiger partial charge in [-0.15, -0.1) is 0 Å². The monoisotopic (exact) mass is 210 g/mol. The Morgan fingerprint density at radius 2 is 2.13 bits per heavy atom. The molecule has 1 heterocycles. The molecule has 0 aliphatic rings. The van der Waals surface area contributed by atoms with Crippen LogP contribution in [-0.2, 0) is 6.54 Å². The summed E-state index contributed by atoms with van der Waals surface area (Å²) in [5.74, 6) is 5.63. The van der Waals surface area contributed by atoms with Gasteiger partial charge in [-0.25, -0.2) is 0 Å². The molecule has 0 aliphatic heterocycles. The van der Waals surface area contributed by atoms with E-state index in [1.807, 2.05) is 11.6 Å². The lowest BCUT2D eigenvalue weighted by Crippen LogP contribution is -2.38. The van der Waals surface area contributed by atoms with Crippen LogP contribution in [0.1, 0.15) is 45.1 Å². The molecule has 4 heteroatoms. The van der Waals surface area contributed by atoms with Crippen molar-refractivity contribution in [2.45, 2.75) is 47.2 Å². The van der Waals surface area contributed by atoms with Crippen molar-refractivity contribution in [1.82, 2.24) is 15.2 Å². The first-order chi connectivity index (χ1) is 6.90. The van der Waals surface area contributed by atoms with Gasteiger partial charge >= 0.3 is 0 Å². The smallest absolute Gasteiger partial charge is 0.0677 e. The first-order valence-corrected chi connectivity index (χ1v) is 5.40. The van der Waals surface area contributed by atoms with Crippen LogP contribution in [0.2, 0.25) is 0 Å². The van der Waals surface area contributed by atoms with Crippen molar-refractivity contribution in [2.75, 3.05) is 0 Å². The number of aromatic nitrogens is 2. The Kier molecular flexibility index (Phi) is 3.52. The predicted octanol–water partition coefficient (Wildman–Crippen LogP) is 1.76. The van der Waals surface area contributed by atoms with Gasteiger partial charge in [0.05, 0.1) is 17.4 Å². The molecule has 0 spiro atoms. The minimum atomic E-state index is 0.0775. The third kappa shape index (κ3) is 2.58. The summed E-state index contributed by atoms with van der Waals surface area (Å²) in [5.41, 5.74) is 5.16. The summed E-state index contributed by atoms with van der Waals surface area (Å²) in [7, 11) is 0. The zero-order valence-corrected chi connectivity index (χ0v) is 10.3. The number of nitrogens with zero attached hydrogens (tertiary/aromatic N) is 2. The Labute approximate surface area is 91.8 Å². The fraction of sp³-hybridized carbons (Fsp3) is 0.727. The minimum absolute atomic E-state index is 0.0775. The Balaban J connectivity index is 3.11. The molecule has 0 saturated carbocycles. The molecule has 0 radical (unpaired) electrons. The maximum atomic E-state index is 5.63. The van der Waals surface area contributed by atoms with Crippen LogP contribution in [0.5, 0.6) is 0 Å². The highest BCUT2D eigenvalue weighted by molar-refractivity contribution is 5.15. The summed E-state index contributed by atoms with van der Waals surface area (Å²) in [6.45, 7) is 11.5. The molecule has 86 valence electrons. The molecule has 1 atom stereocenters. The van der Waals surface area contributed by atoms with E-state index >= 15 is 0 Å². The maximum Gasteiger partial charge on any atom is 0.0677 e. The Bertz CT molecular complexity index is 322. The van der Waals surface area contributed by atoms with Gasteiger partial charge < -0.3 is 0 Å². The summed E-state index contributed by atoms with van der Waals surface area (Å²) in [6.07, 6.45) is 0. The lowest BCUT2D eigenvalue weighted by molar-refractivity contribution is 0.261. The van der Waals surface area contributed by atoms with Gasteiger partial charge in [0.1, 0.15) is 0 Å². The first kappa shape index (κ1) is 12.2. The number of nitrogens with one attached hydrogen (secondary N) is 1. The quantitative estimate of drug-likeness (QED) is 0.590. The molecule has 1 aromatic rings. The molecule has 0 aromatic carbocycles. The molecule has 0 fully saturated rings. The van der Waals surface area contributed by atoms with Crippen LogP contribution >= 0.6 is 0 Å². The van der Waals surface area contributed by atoms with Crippen LogP contribution in [0.25, 0.3) is 0 Å². The second kappa shape index (κ2) is 4.33. The lowest BCUT2D eigenvalue weighted by Gasteiger charge is -2.30. The van der Waals surface area contributed by atoms with Crippen molar-refractivity contribution in [1.29, 1.82) is 0 Å². The van der Waals surface area contributed by atoms with Crippen molar-refractivity contribution in [2.24, 2.45) is 11.3 Å². The molecule has 0 bridgehead atoms. The molecule has 0 saturated heterocycles. The van der Waals surface area contributed by atoms with Crippen molar-refractivity contribution in [3.05, 3.63) is 17.5 Å². The van der Waals surface area contributed by atoms with Crippen LogP contribution in [0.4, 0.5) is 0 Å². The van der Waals surface area contributed by atoms with E-state index in [1.165, 1.54) is 0 Å². The molecule has 3 N–H and O–H groups in total. The Morgan fingerprint density at radius 1 is 1.53 bits per heavy atom. The molecular weight excluding hydrogens is 188 g/mol. The standard InChI is InChI=1S/C11H22N4/c1-6-15-9(7-8(2)14-15)10(13-12)11(3,4)5/h7,10,13H,6,12H2,1-5H3. The minimum Gasteiger partial charge on any atom is -0.271 e. The normalized spacial score (nSPS) is 14.3. The maximum absolute atomic E-state index is 5.63. The van der Waals surface area contributed by atoms with Crippen molar-refractivity contribution >= 4 is 0 Å². The van der Waals surface area contributed by atoms with Gasteiger partial charge in [-0.05, 0) is 25.3 Å². The average molecular weight is 210 g/mol. The van der Waals surface area contributed by atoms with Gasteiger partial charge in [0, 0.05) is 6.54 Å². The second-order valence-electron chi connectivity index (χ2n) is 4.99. The highest BCUT2D eigenvalue weighted by Crippen LogP contribution is 2.32. The molecule has 4 nitrogen and oxygen atoms in total. The number of nitrogens with two attached hydrogens (primary N) is 1. The number of aryl methyl sites for hydroxylation is 2. The van der Waals surface area contributed by atoms with E-state index in [2.05, 4.69) is 44.3 Å². The highest BCUT2D eigenvalue weighted by atomic mass is 15.3. The molecule has 1 aromatic heterocycles. The van der Waals surface area contributed by atoms with E-state index in [9.17, 15) is 0 Å².